The fourth-order valence-corrected chi connectivity index (χ4v) is 1.53. The number of nitrogens with zero attached hydrogens (tertiary/aromatic N) is 1. The van der Waals surface area contributed by atoms with Crippen LogP contribution < -0.4 is 10.5 Å². The van der Waals surface area contributed by atoms with Crippen LogP contribution in [0.5, 0.6) is 5.75 Å². The van der Waals surface area contributed by atoms with Crippen LogP contribution in [-0.2, 0) is 0 Å². The van der Waals surface area contributed by atoms with Crippen molar-refractivity contribution in [3.8, 4) is 16.9 Å². The van der Waals surface area contributed by atoms with Crippen molar-refractivity contribution in [3.63, 3.8) is 0 Å². The lowest BCUT2D eigenvalue weighted by Crippen LogP contribution is -1.95. The van der Waals surface area contributed by atoms with Gasteiger partial charge in [0.2, 0.25) is 0 Å². The Labute approximate surface area is 88.5 Å². The molecule has 0 aliphatic rings. The van der Waals surface area contributed by atoms with E-state index in [2.05, 4.69) is 4.98 Å². The molecule has 0 fully saturated rings. The van der Waals surface area contributed by atoms with Crippen LogP contribution in [0.15, 0.2) is 42.7 Å². The van der Waals surface area contributed by atoms with Crippen molar-refractivity contribution in [2.75, 3.05) is 12.8 Å². The van der Waals surface area contributed by atoms with E-state index in [0.717, 1.165) is 11.1 Å². The molecule has 1 heterocycles. The zero-order valence-electron chi connectivity index (χ0n) is 8.47. The average Bonchev–Trinajstić information content (AvgIpc) is 2.29. The van der Waals surface area contributed by atoms with Gasteiger partial charge in [-0.2, -0.15) is 0 Å². The van der Waals surface area contributed by atoms with E-state index < -0.39 is 0 Å². The second-order valence-corrected chi connectivity index (χ2v) is 3.17. The first-order chi connectivity index (χ1) is 7.33. The minimum absolute atomic E-state index is 0.626. The van der Waals surface area contributed by atoms with Gasteiger partial charge in [0, 0.05) is 5.56 Å². The maximum Gasteiger partial charge on any atom is 0.147 e. The maximum absolute atomic E-state index is 5.89. The summed E-state index contributed by atoms with van der Waals surface area (Å²) in [4.78, 5) is 3.99. The molecule has 0 unspecified atom stereocenters. The summed E-state index contributed by atoms with van der Waals surface area (Å²) in [5.74, 6) is 0.696. The van der Waals surface area contributed by atoms with Crippen molar-refractivity contribution in [1.82, 2.24) is 4.98 Å². The molecule has 0 atom stereocenters. The smallest absolute Gasteiger partial charge is 0.147 e. The van der Waals surface area contributed by atoms with Crippen molar-refractivity contribution in [3.05, 3.63) is 42.7 Å². The first kappa shape index (κ1) is 9.52. The number of aromatic nitrogens is 1. The highest BCUT2D eigenvalue weighted by Crippen LogP contribution is 2.33. The molecule has 0 bridgehead atoms. The Balaban J connectivity index is 2.61. The standard InChI is InChI=1S/C12H12N2O/c1-15-11-8-14-7-10(13)12(11)9-5-3-2-4-6-9/h2-8H,13H2,1H3. The zero-order chi connectivity index (χ0) is 10.7. The minimum Gasteiger partial charge on any atom is -0.494 e. The number of rotatable bonds is 2. The topological polar surface area (TPSA) is 48.1 Å². The van der Waals surface area contributed by atoms with Crippen LogP contribution >= 0.6 is 0 Å². The second kappa shape index (κ2) is 4.00. The summed E-state index contributed by atoms with van der Waals surface area (Å²) in [6.45, 7) is 0. The molecular weight excluding hydrogens is 188 g/mol. The van der Waals surface area contributed by atoms with E-state index >= 15 is 0 Å². The molecule has 2 rings (SSSR count). The van der Waals surface area contributed by atoms with Gasteiger partial charge in [-0.05, 0) is 5.56 Å². The Kier molecular flexibility index (Phi) is 2.54. The monoisotopic (exact) mass is 200 g/mol. The third-order valence-corrected chi connectivity index (χ3v) is 2.22. The lowest BCUT2D eigenvalue weighted by molar-refractivity contribution is 0.415. The first-order valence-corrected chi connectivity index (χ1v) is 4.66. The molecule has 2 aromatic rings. The quantitative estimate of drug-likeness (QED) is 0.809. The number of anilines is 1. The Bertz CT molecular complexity index is 454. The molecule has 1 aromatic heterocycles. The Morgan fingerprint density at radius 2 is 1.87 bits per heavy atom. The number of nitrogens with two attached hydrogens (primary N) is 1. The van der Waals surface area contributed by atoms with E-state index in [9.17, 15) is 0 Å². The minimum atomic E-state index is 0.626. The van der Waals surface area contributed by atoms with Gasteiger partial charge >= 0.3 is 0 Å². The van der Waals surface area contributed by atoms with Gasteiger partial charge in [-0.25, -0.2) is 0 Å². The largest absolute Gasteiger partial charge is 0.494 e. The third-order valence-electron chi connectivity index (χ3n) is 2.22. The summed E-state index contributed by atoms with van der Waals surface area (Å²) < 4.78 is 5.24. The average molecular weight is 200 g/mol. The summed E-state index contributed by atoms with van der Waals surface area (Å²) in [6.07, 6.45) is 3.30. The van der Waals surface area contributed by atoms with Crippen molar-refractivity contribution >= 4 is 5.69 Å². The van der Waals surface area contributed by atoms with E-state index in [1.165, 1.54) is 0 Å². The number of hydrogen-bond acceptors (Lipinski definition) is 3. The molecule has 3 heteroatoms. The van der Waals surface area contributed by atoms with Crippen LogP contribution in [0, 0.1) is 0 Å². The summed E-state index contributed by atoms with van der Waals surface area (Å²) in [5.41, 5.74) is 8.44. The number of ether oxygens (including phenoxy) is 1. The summed E-state index contributed by atoms with van der Waals surface area (Å²) in [6, 6.07) is 9.89. The molecule has 0 amide bonds. The predicted octanol–water partition coefficient (Wildman–Crippen LogP) is 2.34. The molecular formula is C12H12N2O. The van der Waals surface area contributed by atoms with Crippen molar-refractivity contribution in [2.45, 2.75) is 0 Å². The van der Waals surface area contributed by atoms with E-state index in [4.69, 9.17) is 10.5 Å². The molecule has 15 heavy (non-hydrogen) atoms. The Morgan fingerprint density at radius 1 is 1.13 bits per heavy atom. The van der Waals surface area contributed by atoms with Gasteiger partial charge in [0.05, 0.1) is 25.2 Å². The maximum atomic E-state index is 5.89. The van der Waals surface area contributed by atoms with Crippen molar-refractivity contribution in [1.29, 1.82) is 0 Å². The van der Waals surface area contributed by atoms with Crippen molar-refractivity contribution in [2.24, 2.45) is 0 Å². The van der Waals surface area contributed by atoms with Gasteiger partial charge in [-0.15, -0.1) is 0 Å². The number of nitrogen functional groups attached to an aromatic ring is 1. The number of benzene rings is 1. The zero-order valence-corrected chi connectivity index (χ0v) is 8.47. The van der Waals surface area contributed by atoms with Gasteiger partial charge in [-0.3, -0.25) is 4.98 Å². The fraction of sp³-hybridized carbons (Fsp3) is 0.0833. The highest BCUT2D eigenvalue weighted by molar-refractivity contribution is 5.80. The fourth-order valence-electron chi connectivity index (χ4n) is 1.53. The molecule has 1 aromatic carbocycles. The summed E-state index contributed by atoms with van der Waals surface area (Å²) in [5, 5.41) is 0. The normalized spacial score (nSPS) is 9.93. The van der Waals surface area contributed by atoms with Gasteiger partial charge in [-0.1, -0.05) is 30.3 Å². The number of pyridine rings is 1. The molecule has 0 aliphatic carbocycles. The molecule has 0 spiro atoms. The SMILES string of the molecule is COc1cncc(N)c1-c1ccccc1. The van der Waals surface area contributed by atoms with E-state index in [1.807, 2.05) is 30.3 Å². The lowest BCUT2D eigenvalue weighted by atomic mass is 10.0. The molecule has 0 radical (unpaired) electrons. The Morgan fingerprint density at radius 3 is 2.53 bits per heavy atom. The second-order valence-electron chi connectivity index (χ2n) is 3.17. The molecule has 0 saturated heterocycles. The molecule has 76 valence electrons. The van der Waals surface area contributed by atoms with E-state index in [-0.39, 0.29) is 0 Å². The van der Waals surface area contributed by atoms with E-state index in [1.54, 1.807) is 19.5 Å². The van der Waals surface area contributed by atoms with Gasteiger partial charge < -0.3 is 10.5 Å². The molecule has 0 saturated carbocycles. The van der Waals surface area contributed by atoms with Crippen LogP contribution in [0.4, 0.5) is 5.69 Å². The predicted molar refractivity (Wildman–Crippen MR) is 60.6 cm³/mol. The van der Waals surface area contributed by atoms with Gasteiger partial charge in [0.1, 0.15) is 5.75 Å². The highest BCUT2D eigenvalue weighted by Gasteiger charge is 2.08. The van der Waals surface area contributed by atoms with Gasteiger partial charge in [0.25, 0.3) is 0 Å². The van der Waals surface area contributed by atoms with Gasteiger partial charge in [0.15, 0.2) is 0 Å². The summed E-state index contributed by atoms with van der Waals surface area (Å²) >= 11 is 0. The highest BCUT2D eigenvalue weighted by atomic mass is 16.5. The lowest BCUT2D eigenvalue weighted by Gasteiger charge is -2.10. The summed E-state index contributed by atoms with van der Waals surface area (Å²) in [7, 11) is 1.61. The Hall–Kier alpha value is -2.03. The van der Waals surface area contributed by atoms with Crippen LogP contribution in [0.3, 0.4) is 0 Å². The van der Waals surface area contributed by atoms with Crippen LogP contribution in [-0.4, -0.2) is 12.1 Å². The van der Waals surface area contributed by atoms with Crippen LogP contribution in [0.2, 0.25) is 0 Å². The molecule has 0 aliphatic heterocycles. The molecule has 3 nitrogen and oxygen atoms in total. The van der Waals surface area contributed by atoms with Crippen LogP contribution in [0.25, 0.3) is 11.1 Å². The third kappa shape index (κ3) is 1.76. The number of methoxy groups -OCH3 is 1. The molecule has 2 N–H and O–H groups in total. The van der Waals surface area contributed by atoms with E-state index in [0.29, 0.717) is 11.4 Å². The number of hydrogen-bond donors (Lipinski definition) is 1. The van der Waals surface area contributed by atoms with Crippen LogP contribution in [0.1, 0.15) is 0 Å². The van der Waals surface area contributed by atoms with Crippen molar-refractivity contribution < 1.29 is 4.74 Å². The first-order valence-electron chi connectivity index (χ1n) is 4.66.